The molecule has 3 aromatic rings. The van der Waals surface area contributed by atoms with E-state index in [1.54, 1.807) is 37.3 Å². The first kappa shape index (κ1) is 30.5. The van der Waals surface area contributed by atoms with E-state index in [0.717, 1.165) is 9.87 Å². The summed E-state index contributed by atoms with van der Waals surface area (Å²) in [4.78, 5) is 29.0. The second kappa shape index (κ2) is 13.5. The molecule has 4 rings (SSSR count). The Hall–Kier alpha value is -3.47. The maximum absolute atomic E-state index is 14.2. The van der Waals surface area contributed by atoms with Crippen LogP contribution in [0.5, 0.6) is 11.5 Å². The second-order valence-corrected chi connectivity index (χ2v) is 12.3. The zero-order valence-electron chi connectivity index (χ0n) is 22.7. The largest absolute Gasteiger partial charge is 0.454 e. The number of benzene rings is 3. The van der Waals surface area contributed by atoms with Crippen LogP contribution >= 0.6 is 23.2 Å². The maximum Gasteiger partial charge on any atom is 0.244 e. The number of ether oxygens (including phenoxy) is 2. The predicted molar refractivity (Wildman–Crippen MR) is 159 cm³/mol. The van der Waals surface area contributed by atoms with E-state index in [-0.39, 0.29) is 37.1 Å². The van der Waals surface area contributed by atoms with Gasteiger partial charge in [-0.3, -0.25) is 13.9 Å². The van der Waals surface area contributed by atoms with E-state index < -0.39 is 28.5 Å². The summed E-state index contributed by atoms with van der Waals surface area (Å²) in [5.74, 6) is -0.352. The van der Waals surface area contributed by atoms with Crippen molar-refractivity contribution in [2.45, 2.75) is 32.9 Å². The molecule has 0 saturated carbocycles. The Morgan fingerprint density at radius 2 is 1.71 bits per heavy atom. The molecule has 9 nitrogen and oxygen atoms in total. The summed E-state index contributed by atoms with van der Waals surface area (Å²) in [5, 5.41) is 3.55. The van der Waals surface area contributed by atoms with E-state index in [1.807, 2.05) is 30.3 Å². The van der Waals surface area contributed by atoms with Crippen LogP contribution in [0.25, 0.3) is 0 Å². The number of fused-ring (bicyclic) bond motifs is 1. The highest BCUT2D eigenvalue weighted by Gasteiger charge is 2.34. The van der Waals surface area contributed by atoms with E-state index >= 15 is 0 Å². The summed E-state index contributed by atoms with van der Waals surface area (Å²) in [6.45, 7) is 3.05. The number of rotatable bonds is 12. The topological polar surface area (TPSA) is 105 Å². The molecular formula is C29H31Cl2N3O6S. The van der Waals surface area contributed by atoms with Crippen molar-refractivity contribution in [1.82, 2.24) is 10.2 Å². The van der Waals surface area contributed by atoms with Crippen LogP contribution in [-0.2, 0) is 32.6 Å². The fourth-order valence-electron chi connectivity index (χ4n) is 4.44. The van der Waals surface area contributed by atoms with Crippen LogP contribution in [0.4, 0.5) is 5.69 Å². The van der Waals surface area contributed by atoms with E-state index in [9.17, 15) is 18.0 Å². The standard InChI is InChI=1S/C29H31Cl2N3O6S/c1-3-32-29(36)25(14-20-8-6-5-7-9-20)33(17-21-10-11-22(30)15-24(21)31)28(35)18-34(41(37,38)4-2)23-12-13-26-27(16-23)40-19-39-26/h5-13,15-16,25H,3-4,14,17-19H2,1-2H3,(H,32,36). The summed E-state index contributed by atoms with van der Waals surface area (Å²) >= 11 is 12.6. The zero-order chi connectivity index (χ0) is 29.6. The lowest BCUT2D eigenvalue weighted by molar-refractivity contribution is -0.140. The molecule has 3 aromatic carbocycles. The normalized spacial score (nSPS) is 13.0. The molecule has 2 amide bonds. The number of carbonyl (C=O) groups excluding carboxylic acids is 2. The van der Waals surface area contributed by atoms with Gasteiger partial charge in [0.1, 0.15) is 12.6 Å². The van der Waals surface area contributed by atoms with Crippen molar-refractivity contribution in [3.05, 3.63) is 87.9 Å². The van der Waals surface area contributed by atoms with Gasteiger partial charge in [-0.1, -0.05) is 59.6 Å². The minimum Gasteiger partial charge on any atom is -0.454 e. The number of anilines is 1. The lowest BCUT2D eigenvalue weighted by Crippen LogP contribution is -2.53. The lowest BCUT2D eigenvalue weighted by Gasteiger charge is -2.34. The molecule has 0 spiro atoms. The maximum atomic E-state index is 14.2. The Kier molecular flexibility index (Phi) is 10.0. The van der Waals surface area contributed by atoms with Crippen molar-refractivity contribution >= 4 is 50.7 Å². The summed E-state index contributed by atoms with van der Waals surface area (Å²) < 4.78 is 38.4. The average molecular weight is 621 g/mol. The van der Waals surface area contributed by atoms with Crippen LogP contribution in [0.1, 0.15) is 25.0 Å². The van der Waals surface area contributed by atoms with Gasteiger partial charge < -0.3 is 19.7 Å². The fraction of sp³-hybridized carbons (Fsp3) is 0.310. The second-order valence-electron chi connectivity index (χ2n) is 9.30. The molecule has 0 fully saturated rings. The average Bonchev–Trinajstić information content (AvgIpc) is 3.43. The van der Waals surface area contributed by atoms with Crippen molar-refractivity contribution in [2.75, 3.05) is 29.9 Å². The quantitative estimate of drug-likeness (QED) is 0.316. The van der Waals surface area contributed by atoms with Crippen LogP contribution in [0.3, 0.4) is 0 Å². The van der Waals surface area contributed by atoms with Crippen LogP contribution in [0.15, 0.2) is 66.7 Å². The molecule has 0 radical (unpaired) electrons. The minimum absolute atomic E-state index is 0.0155. The molecular weight excluding hydrogens is 589 g/mol. The van der Waals surface area contributed by atoms with Gasteiger partial charge in [-0.15, -0.1) is 0 Å². The third kappa shape index (κ3) is 7.44. The zero-order valence-corrected chi connectivity index (χ0v) is 25.0. The van der Waals surface area contributed by atoms with Crippen molar-refractivity contribution in [3.63, 3.8) is 0 Å². The number of hydrogen-bond donors (Lipinski definition) is 1. The van der Waals surface area contributed by atoms with Crippen LogP contribution in [0, 0.1) is 0 Å². The third-order valence-electron chi connectivity index (χ3n) is 6.60. The van der Waals surface area contributed by atoms with Crippen LogP contribution < -0.4 is 19.1 Å². The van der Waals surface area contributed by atoms with E-state index in [2.05, 4.69) is 5.32 Å². The number of amides is 2. The van der Waals surface area contributed by atoms with Gasteiger partial charge in [-0.2, -0.15) is 0 Å². The van der Waals surface area contributed by atoms with Crippen molar-refractivity contribution in [2.24, 2.45) is 0 Å². The van der Waals surface area contributed by atoms with Gasteiger partial charge in [-0.05, 0) is 49.2 Å². The first-order chi connectivity index (χ1) is 19.6. The first-order valence-electron chi connectivity index (χ1n) is 13.1. The number of sulfonamides is 1. The van der Waals surface area contributed by atoms with Crippen LogP contribution in [0.2, 0.25) is 10.0 Å². The van der Waals surface area contributed by atoms with Crippen molar-refractivity contribution < 1.29 is 27.5 Å². The van der Waals surface area contributed by atoms with Gasteiger partial charge in [0.2, 0.25) is 28.6 Å². The Morgan fingerprint density at radius 3 is 2.39 bits per heavy atom. The monoisotopic (exact) mass is 619 g/mol. The summed E-state index contributed by atoms with van der Waals surface area (Å²) in [6.07, 6.45) is 0.203. The fourth-order valence-corrected chi connectivity index (χ4v) is 5.96. The molecule has 0 saturated heterocycles. The SMILES string of the molecule is CCNC(=O)C(Cc1ccccc1)N(Cc1ccc(Cl)cc1Cl)C(=O)CN(c1ccc2c(c1)OCO2)S(=O)(=O)CC. The summed E-state index contributed by atoms with van der Waals surface area (Å²) in [6, 6.07) is 17.9. The molecule has 41 heavy (non-hydrogen) atoms. The molecule has 218 valence electrons. The molecule has 1 N–H and O–H groups in total. The van der Waals surface area contributed by atoms with E-state index in [1.165, 1.54) is 17.9 Å². The van der Waals surface area contributed by atoms with E-state index in [4.69, 9.17) is 32.7 Å². The molecule has 0 aromatic heterocycles. The molecule has 1 aliphatic heterocycles. The van der Waals surface area contributed by atoms with Gasteiger partial charge >= 0.3 is 0 Å². The molecule has 1 heterocycles. The molecule has 1 aliphatic rings. The Labute approximate surface area is 250 Å². The summed E-state index contributed by atoms with van der Waals surface area (Å²) in [7, 11) is -3.92. The van der Waals surface area contributed by atoms with Gasteiger partial charge in [-0.25, -0.2) is 8.42 Å². The highest BCUT2D eigenvalue weighted by Crippen LogP contribution is 2.36. The number of likely N-dealkylation sites (N-methyl/N-ethyl adjacent to an activating group) is 1. The highest BCUT2D eigenvalue weighted by molar-refractivity contribution is 7.92. The number of hydrogen-bond acceptors (Lipinski definition) is 6. The minimum atomic E-state index is -3.92. The number of nitrogens with one attached hydrogen (secondary N) is 1. The first-order valence-corrected chi connectivity index (χ1v) is 15.4. The Balaban J connectivity index is 1.75. The number of carbonyl (C=O) groups is 2. The van der Waals surface area contributed by atoms with Gasteiger partial charge in [0.15, 0.2) is 11.5 Å². The third-order valence-corrected chi connectivity index (χ3v) is 8.93. The molecule has 1 unspecified atom stereocenters. The predicted octanol–water partition coefficient (Wildman–Crippen LogP) is 4.65. The van der Waals surface area contributed by atoms with Gasteiger partial charge in [0.25, 0.3) is 0 Å². The number of nitrogens with zero attached hydrogens (tertiary/aromatic N) is 2. The Morgan fingerprint density at radius 1 is 0.976 bits per heavy atom. The molecule has 12 heteroatoms. The van der Waals surface area contributed by atoms with Gasteiger partial charge in [0.05, 0.1) is 11.4 Å². The Bertz CT molecular complexity index is 1500. The van der Waals surface area contributed by atoms with E-state index in [0.29, 0.717) is 33.7 Å². The van der Waals surface area contributed by atoms with Crippen molar-refractivity contribution in [3.8, 4) is 11.5 Å². The highest BCUT2D eigenvalue weighted by atomic mass is 35.5. The van der Waals surface area contributed by atoms with Gasteiger partial charge in [0, 0.05) is 35.6 Å². The molecule has 0 aliphatic carbocycles. The smallest absolute Gasteiger partial charge is 0.244 e. The molecule has 0 bridgehead atoms. The van der Waals surface area contributed by atoms with Crippen LogP contribution in [-0.4, -0.2) is 56.8 Å². The summed E-state index contributed by atoms with van der Waals surface area (Å²) in [5.41, 5.74) is 1.63. The number of halogens is 2. The lowest BCUT2D eigenvalue weighted by atomic mass is 10.0. The van der Waals surface area contributed by atoms with Crippen molar-refractivity contribution in [1.29, 1.82) is 0 Å². The molecule has 1 atom stereocenters.